The highest BCUT2D eigenvalue weighted by atomic mass is 32.1. The zero-order valence-corrected chi connectivity index (χ0v) is 38.1. The van der Waals surface area contributed by atoms with Crippen molar-refractivity contribution in [2.75, 3.05) is 0 Å². The average molecular weight is 807 g/mol. The highest BCUT2D eigenvalue weighted by Gasteiger charge is 2.31. The van der Waals surface area contributed by atoms with E-state index in [9.17, 15) is 0 Å². The van der Waals surface area contributed by atoms with E-state index < -0.39 is 0 Å². The van der Waals surface area contributed by atoms with Gasteiger partial charge in [0.05, 0.1) is 0 Å². The van der Waals surface area contributed by atoms with Gasteiger partial charge in [0.15, 0.2) is 0 Å². The van der Waals surface area contributed by atoms with Crippen LogP contribution in [-0.4, -0.2) is 0 Å². The largest absolute Gasteiger partial charge is 0.456 e. The van der Waals surface area contributed by atoms with Crippen LogP contribution in [0.25, 0.3) is 62.7 Å². The molecule has 3 aliphatic carbocycles. The van der Waals surface area contributed by atoms with E-state index in [2.05, 4.69) is 181 Å². The number of thiophene rings is 1. The van der Waals surface area contributed by atoms with Crippen molar-refractivity contribution in [3.63, 3.8) is 0 Å². The summed E-state index contributed by atoms with van der Waals surface area (Å²) in [6.07, 6.45) is 15.8. The molecular weight excluding hydrogens is 745 g/mol. The maximum Gasteiger partial charge on any atom is 0.135 e. The zero-order chi connectivity index (χ0) is 42.8. The molecule has 2 heteroatoms. The molecule has 0 saturated carbocycles. The summed E-state index contributed by atoms with van der Waals surface area (Å²) in [5.74, 6) is 1.40. The summed E-state index contributed by atoms with van der Waals surface area (Å²) in [4.78, 5) is 1.48. The van der Waals surface area contributed by atoms with Crippen LogP contribution in [0.2, 0.25) is 0 Å². The molecule has 3 aliphatic rings. The first-order chi connectivity index (χ1) is 29.4. The second-order valence-electron chi connectivity index (χ2n) is 15.2. The monoisotopic (exact) mass is 806 g/mol. The van der Waals surface area contributed by atoms with Gasteiger partial charge in [-0.05, 0) is 124 Å². The molecule has 2 aromatic heterocycles. The summed E-state index contributed by atoms with van der Waals surface area (Å²) >= 11 is 1.92. The Morgan fingerprint density at radius 2 is 1.38 bits per heavy atom. The Kier molecular flexibility index (Phi) is 15.0. The number of benzene rings is 5. The second-order valence-corrected chi connectivity index (χ2v) is 16.3. The predicted octanol–water partition coefficient (Wildman–Crippen LogP) is 16.3. The molecular formula is C58H62OS. The van der Waals surface area contributed by atoms with Crippen molar-refractivity contribution in [3.05, 3.63) is 193 Å². The zero-order valence-electron chi connectivity index (χ0n) is 37.3. The smallest absolute Gasteiger partial charge is 0.135 e. The molecule has 0 bridgehead atoms. The minimum atomic E-state index is 0.377. The fraction of sp³-hybridized carbons (Fsp3) is 0.241. The molecule has 2 heterocycles. The average Bonchev–Trinajstić information content (AvgIpc) is 3.85. The van der Waals surface area contributed by atoms with Gasteiger partial charge in [-0.2, -0.15) is 0 Å². The Morgan fingerprint density at radius 3 is 2.12 bits per heavy atom. The molecule has 1 nitrogen and oxygen atoms in total. The summed E-state index contributed by atoms with van der Waals surface area (Å²) in [5.41, 5.74) is 15.8. The third kappa shape index (κ3) is 9.05. The van der Waals surface area contributed by atoms with Crippen molar-refractivity contribution in [1.29, 1.82) is 0 Å². The standard InChI is InChI=1S/C27H22S.C24H20O.C3H8.2C2H6/c1-18(27-19(2)23-10-5-6-13-26(23)28-27)20-14-16-22(17-15-20)25-12-7-9-21-8-3-4-11-24(21)25;1-15-7-3-4-8-18(15)20-14-21-17(13-16(20)2)11-12-23-24(21)19-9-5-6-10-22(19)25-23;1-3-2;2*1-2/h3-5,7-12,14-17H,2,6,13H2,1H3;3-13,21H,14H2,1-2H3;3H2,1-2H3;2*1-2H3/b27-18-;;;;. The number of hydrogen-bond acceptors (Lipinski definition) is 2. The van der Waals surface area contributed by atoms with E-state index in [4.69, 9.17) is 4.42 Å². The van der Waals surface area contributed by atoms with Crippen molar-refractivity contribution in [2.24, 2.45) is 0 Å². The summed E-state index contributed by atoms with van der Waals surface area (Å²) in [6.45, 7) is 23.3. The number of fused-ring (bicyclic) bond motifs is 7. The number of hydrogen-bond donors (Lipinski definition) is 0. The summed E-state index contributed by atoms with van der Waals surface area (Å²) in [7, 11) is 0. The molecule has 0 spiro atoms. The fourth-order valence-corrected chi connectivity index (χ4v) is 9.73. The van der Waals surface area contributed by atoms with Gasteiger partial charge in [-0.1, -0.05) is 188 Å². The number of para-hydroxylation sites is 1. The SMILES string of the molecule is C=c1c2c(s/c1=C(/C)c1ccc(-c3cccc4ccccc34)cc1)CCC=C2.CC.CC.CC1=C(c2ccccc2C)CC2C(=C1)C=Cc1oc3ccccc3c12.CCC. The molecule has 0 saturated heterocycles. The minimum absolute atomic E-state index is 0.377. The number of furan rings is 1. The van der Waals surface area contributed by atoms with E-state index in [1.807, 2.05) is 45.1 Å². The van der Waals surface area contributed by atoms with E-state index >= 15 is 0 Å². The topological polar surface area (TPSA) is 13.1 Å². The highest BCUT2D eigenvalue weighted by molar-refractivity contribution is 7.10. The van der Waals surface area contributed by atoms with Crippen LogP contribution in [-0.2, 0) is 6.42 Å². The molecule has 0 fully saturated rings. The molecule has 60 heavy (non-hydrogen) atoms. The van der Waals surface area contributed by atoms with E-state index in [0.717, 1.165) is 30.6 Å². The van der Waals surface area contributed by atoms with Crippen molar-refractivity contribution < 1.29 is 4.42 Å². The fourth-order valence-electron chi connectivity index (χ4n) is 8.46. The van der Waals surface area contributed by atoms with Crippen LogP contribution >= 0.6 is 11.3 Å². The van der Waals surface area contributed by atoms with E-state index in [-0.39, 0.29) is 0 Å². The molecule has 0 radical (unpaired) electrons. The van der Waals surface area contributed by atoms with Gasteiger partial charge >= 0.3 is 0 Å². The van der Waals surface area contributed by atoms with Gasteiger partial charge in [-0.3, -0.25) is 0 Å². The molecule has 1 unspecified atom stereocenters. The van der Waals surface area contributed by atoms with Gasteiger partial charge < -0.3 is 4.42 Å². The molecule has 306 valence electrons. The second kappa shape index (κ2) is 20.5. The quantitative estimate of drug-likeness (QED) is 0.173. The maximum atomic E-state index is 6.10. The molecule has 7 aromatic rings. The van der Waals surface area contributed by atoms with Crippen LogP contribution in [0.5, 0.6) is 0 Å². The molecule has 1 atom stereocenters. The van der Waals surface area contributed by atoms with Crippen molar-refractivity contribution in [1.82, 2.24) is 0 Å². The predicted molar refractivity (Wildman–Crippen MR) is 267 cm³/mol. The van der Waals surface area contributed by atoms with Crippen molar-refractivity contribution >= 4 is 63.0 Å². The molecule has 0 N–H and O–H groups in total. The van der Waals surface area contributed by atoms with Gasteiger partial charge in [0.25, 0.3) is 0 Å². The van der Waals surface area contributed by atoms with Crippen molar-refractivity contribution in [2.45, 2.75) is 93.9 Å². The maximum absolute atomic E-state index is 6.10. The number of rotatable bonds is 3. The lowest BCUT2D eigenvalue weighted by molar-refractivity contribution is 0.591. The van der Waals surface area contributed by atoms with Crippen LogP contribution in [0.15, 0.2) is 149 Å². The van der Waals surface area contributed by atoms with Crippen LogP contribution in [0.3, 0.4) is 0 Å². The first-order valence-electron chi connectivity index (χ1n) is 22.1. The van der Waals surface area contributed by atoms with Crippen LogP contribution in [0, 0.1) is 6.92 Å². The Hall–Kier alpha value is -5.70. The Balaban J connectivity index is 0.000000176. The molecule has 0 amide bonds. The van der Waals surface area contributed by atoms with Gasteiger partial charge in [0, 0.05) is 26.3 Å². The molecule has 0 aliphatic heterocycles. The number of aryl methyl sites for hydroxylation is 2. The number of allylic oxidation sites excluding steroid dienone is 6. The Labute approximate surface area is 363 Å². The lowest BCUT2D eigenvalue weighted by Gasteiger charge is -2.29. The van der Waals surface area contributed by atoms with Crippen LogP contribution < -0.4 is 9.75 Å². The minimum Gasteiger partial charge on any atom is -0.456 e. The Bertz CT molecular complexity index is 2810. The third-order valence-electron chi connectivity index (χ3n) is 11.3. The van der Waals surface area contributed by atoms with Crippen LogP contribution in [0.4, 0.5) is 0 Å². The van der Waals surface area contributed by atoms with E-state index in [0.29, 0.717) is 5.92 Å². The lowest BCUT2D eigenvalue weighted by atomic mass is 9.74. The van der Waals surface area contributed by atoms with Crippen molar-refractivity contribution in [3.8, 4) is 11.1 Å². The summed E-state index contributed by atoms with van der Waals surface area (Å²) < 4.78 is 7.43. The van der Waals surface area contributed by atoms with E-state index in [1.165, 1.54) is 98.4 Å². The molecule has 10 rings (SSSR count). The molecule has 5 aromatic carbocycles. The summed E-state index contributed by atoms with van der Waals surface area (Å²) in [6, 6.07) is 41.2. The van der Waals surface area contributed by atoms with Gasteiger partial charge in [-0.25, -0.2) is 0 Å². The van der Waals surface area contributed by atoms with Gasteiger partial charge in [0.2, 0.25) is 0 Å². The highest BCUT2D eigenvalue weighted by Crippen LogP contribution is 2.48. The first kappa shape index (κ1) is 43.9. The third-order valence-corrected chi connectivity index (χ3v) is 12.7. The van der Waals surface area contributed by atoms with Crippen LogP contribution in [0.1, 0.15) is 119 Å². The van der Waals surface area contributed by atoms with E-state index in [1.54, 1.807) is 0 Å². The van der Waals surface area contributed by atoms with Gasteiger partial charge in [0.1, 0.15) is 11.3 Å². The van der Waals surface area contributed by atoms with Gasteiger partial charge in [-0.15, -0.1) is 11.3 Å². The summed E-state index contributed by atoms with van der Waals surface area (Å²) in [5, 5.41) is 5.02. The normalized spacial score (nSPS) is 15.0. The first-order valence-corrected chi connectivity index (χ1v) is 22.9. The Morgan fingerprint density at radius 1 is 0.733 bits per heavy atom. The lowest BCUT2D eigenvalue weighted by Crippen LogP contribution is -2.21.